The molecule has 21 heavy (non-hydrogen) atoms. The molecule has 0 fully saturated rings. The predicted molar refractivity (Wildman–Crippen MR) is 87.4 cm³/mol. The van der Waals surface area contributed by atoms with Crippen molar-refractivity contribution in [3.8, 4) is 0 Å². The number of hydrogen-bond donors (Lipinski definition) is 1. The Kier molecular flexibility index (Phi) is 5.99. The highest BCUT2D eigenvalue weighted by Gasteiger charge is 2.19. The van der Waals surface area contributed by atoms with E-state index >= 15 is 0 Å². The van der Waals surface area contributed by atoms with Gasteiger partial charge >= 0.3 is 0 Å². The van der Waals surface area contributed by atoms with Gasteiger partial charge in [0.25, 0.3) is 0 Å². The third-order valence-corrected chi connectivity index (χ3v) is 4.03. The molecule has 0 aromatic carbocycles. The molecule has 1 heterocycles. The van der Waals surface area contributed by atoms with Crippen molar-refractivity contribution in [2.45, 2.75) is 79.8 Å². The van der Waals surface area contributed by atoms with Gasteiger partial charge in [-0.25, -0.2) is 0 Å². The summed E-state index contributed by atoms with van der Waals surface area (Å²) in [6, 6.07) is 0. The molecule has 0 atom stereocenters. The number of carbonyl (C=O) groups excluding carboxylic acids is 1. The molecule has 1 aromatic rings. The molecule has 0 spiro atoms. The average molecular weight is 293 g/mol. The maximum Gasteiger partial charge on any atom is 0.220 e. The summed E-state index contributed by atoms with van der Waals surface area (Å²) in [4.78, 5) is 12.1. The van der Waals surface area contributed by atoms with Crippen LogP contribution in [0.1, 0.15) is 64.4 Å². The Balaban J connectivity index is 2.68. The monoisotopic (exact) mass is 293 g/mol. The van der Waals surface area contributed by atoms with Crippen LogP contribution in [-0.2, 0) is 17.8 Å². The standard InChI is InChI=1S/C17H31N3O/c1-8-17(6,7)18-16(21)10-9-15-13(4)19-20(14(15)5)11-12(2)3/h12H,8-11H2,1-7H3,(H,18,21). The number of hydrogen-bond acceptors (Lipinski definition) is 2. The highest BCUT2D eigenvalue weighted by molar-refractivity contribution is 5.77. The lowest BCUT2D eigenvalue weighted by Gasteiger charge is -2.24. The number of aromatic nitrogens is 2. The third kappa shape index (κ3) is 5.18. The van der Waals surface area contributed by atoms with Crippen molar-refractivity contribution >= 4 is 5.91 Å². The minimum Gasteiger partial charge on any atom is -0.351 e. The van der Waals surface area contributed by atoms with Crippen LogP contribution in [0.15, 0.2) is 0 Å². The Labute approximate surface area is 129 Å². The van der Waals surface area contributed by atoms with Crippen molar-refractivity contribution in [2.24, 2.45) is 5.92 Å². The van der Waals surface area contributed by atoms with Crippen molar-refractivity contribution in [3.63, 3.8) is 0 Å². The Morgan fingerprint density at radius 2 is 1.95 bits per heavy atom. The number of aryl methyl sites for hydroxylation is 1. The molecular formula is C17H31N3O. The fourth-order valence-corrected chi connectivity index (χ4v) is 2.39. The molecular weight excluding hydrogens is 262 g/mol. The van der Waals surface area contributed by atoms with Gasteiger partial charge in [0, 0.05) is 24.2 Å². The van der Waals surface area contributed by atoms with E-state index in [1.807, 2.05) is 6.92 Å². The topological polar surface area (TPSA) is 46.9 Å². The molecule has 1 rings (SSSR count). The minimum atomic E-state index is -0.122. The number of nitrogens with zero attached hydrogens (tertiary/aromatic N) is 2. The van der Waals surface area contributed by atoms with Gasteiger partial charge in [0.2, 0.25) is 5.91 Å². The Morgan fingerprint density at radius 1 is 1.33 bits per heavy atom. The molecule has 1 amide bonds. The van der Waals surface area contributed by atoms with Crippen LogP contribution in [0.5, 0.6) is 0 Å². The van der Waals surface area contributed by atoms with Gasteiger partial charge in [-0.05, 0) is 52.0 Å². The van der Waals surface area contributed by atoms with Crippen LogP contribution in [0, 0.1) is 19.8 Å². The summed E-state index contributed by atoms with van der Waals surface area (Å²) in [6.07, 6.45) is 2.23. The first kappa shape index (κ1) is 17.7. The van der Waals surface area contributed by atoms with Gasteiger partial charge in [0.05, 0.1) is 5.69 Å². The predicted octanol–water partition coefficient (Wildman–Crippen LogP) is 3.39. The molecule has 4 nitrogen and oxygen atoms in total. The second-order valence-electron chi connectivity index (χ2n) is 7.01. The highest BCUT2D eigenvalue weighted by Crippen LogP contribution is 2.17. The van der Waals surface area contributed by atoms with E-state index in [-0.39, 0.29) is 11.4 Å². The molecule has 0 unspecified atom stereocenters. The molecule has 0 bridgehead atoms. The normalized spacial score (nSPS) is 12.0. The van der Waals surface area contributed by atoms with Crippen molar-refractivity contribution in [2.75, 3.05) is 0 Å². The summed E-state index contributed by atoms with van der Waals surface area (Å²) in [6.45, 7) is 15.7. The van der Waals surface area contributed by atoms with E-state index in [0.29, 0.717) is 12.3 Å². The average Bonchev–Trinajstić information content (AvgIpc) is 2.61. The zero-order valence-electron chi connectivity index (χ0n) is 14.7. The van der Waals surface area contributed by atoms with Gasteiger partial charge < -0.3 is 5.32 Å². The van der Waals surface area contributed by atoms with Crippen molar-refractivity contribution < 1.29 is 4.79 Å². The van der Waals surface area contributed by atoms with Crippen molar-refractivity contribution in [3.05, 3.63) is 17.0 Å². The second kappa shape index (κ2) is 7.10. The first-order valence-electron chi connectivity index (χ1n) is 8.00. The smallest absolute Gasteiger partial charge is 0.220 e. The first-order valence-corrected chi connectivity index (χ1v) is 8.00. The lowest BCUT2D eigenvalue weighted by molar-refractivity contribution is -0.122. The van der Waals surface area contributed by atoms with Gasteiger partial charge in [-0.3, -0.25) is 9.48 Å². The maximum atomic E-state index is 12.1. The fourth-order valence-electron chi connectivity index (χ4n) is 2.39. The molecule has 0 radical (unpaired) electrons. The largest absolute Gasteiger partial charge is 0.351 e. The highest BCUT2D eigenvalue weighted by atomic mass is 16.1. The molecule has 0 aliphatic carbocycles. The van der Waals surface area contributed by atoms with E-state index in [1.165, 1.54) is 11.3 Å². The van der Waals surface area contributed by atoms with Gasteiger partial charge in [0.15, 0.2) is 0 Å². The fraction of sp³-hybridized carbons (Fsp3) is 0.765. The van der Waals surface area contributed by atoms with Crippen LogP contribution in [0.4, 0.5) is 0 Å². The molecule has 0 saturated carbocycles. The van der Waals surface area contributed by atoms with Gasteiger partial charge in [-0.15, -0.1) is 0 Å². The van der Waals surface area contributed by atoms with E-state index < -0.39 is 0 Å². The number of carbonyl (C=O) groups is 1. The molecule has 4 heteroatoms. The van der Waals surface area contributed by atoms with Crippen LogP contribution >= 0.6 is 0 Å². The van der Waals surface area contributed by atoms with E-state index in [2.05, 4.69) is 56.6 Å². The maximum absolute atomic E-state index is 12.1. The number of rotatable bonds is 7. The minimum absolute atomic E-state index is 0.122. The molecule has 1 aromatic heterocycles. The number of amides is 1. The Morgan fingerprint density at radius 3 is 2.48 bits per heavy atom. The SMILES string of the molecule is CCC(C)(C)NC(=O)CCc1c(C)nn(CC(C)C)c1C. The summed E-state index contributed by atoms with van der Waals surface area (Å²) in [5.74, 6) is 0.696. The summed E-state index contributed by atoms with van der Waals surface area (Å²) < 4.78 is 2.07. The van der Waals surface area contributed by atoms with Gasteiger partial charge in [-0.1, -0.05) is 20.8 Å². The third-order valence-electron chi connectivity index (χ3n) is 4.03. The molecule has 1 N–H and O–H groups in total. The van der Waals surface area contributed by atoms with Crippen LogP contribution < -0.4 is 5.32 Å². The van der Waals surface area contributed by atoms with Crippen LogP contribution in [0.3, 0.4) is 0 Å². The molecule has 0 aliphatic heterocycles. The summed E-state index contributed by atoms with van der Waals surface area (Å²) >= 11 is 0. The zero-order valence-corrected chi connectivity index (χ0v) is 14.7. The van der Waals surface area contributed by atoms with E-state index in [4.69, 9.17) is 0 Å². The van der Waals surface area contributed by atoms with E-state index in [0.717, 1.165) is 25.1 Å². The van der Waals surface area contributed by atoms with Crippen molar-refractivity contribution in [1.82, 2.24) is 15.1 Å². The van der Waals surface area contributed by atoms with Crippen LogP contribution in [0.25, 0.3) is 0 Å². The Bertz CT molecular complexity index is 486. The zero-order chi connectivity index (χ0) is 16.2. The van der Waals surface area contributed by atoms with Gasteiger partial charge in [0.1, 0.15) is 0 Å². The number of nitrogens with one attached hydrogen (secondary N) is 1. The molecule has 120 valence electrons. The van der Waals surface area contributed by atoms with Crippen molar-refractivity contribution in [1.29, 1.82) is 0 Å². The van der Waals surface area contributed by atoms with E-state index in [1.54, 1.807) is 0 Å². The lowest BCUT2D eigenvalue weighted by atomic mass is 10.0. The second-order valence-corrected chi connectivity index (χ2v) is 7.01. The van der Waals surface area contributed by atoms with Crippen LogP contribution in [0.2, 0.25) is 0 Å². The van der Waals surface area contributed by atoms with Gasteiger partial charge in [-0.2, -0.15) is 5.10 Å². The van der Waals surface area contributed by atoms with E-state index in [9.17, 15) is 4.79 Å². The Hall–Kier alpha value is -1.32. The molecule has 0 aliphatic rings. The quantitative estimate of drug-likeness (QED) is 0.837. The summed E-state index contributed by atoms with van der Waals surface area (Å²) in [5.41, 5.74) is 3.35. The first-order chi connectivity index (χ1) is 9.66. The summed E-state index contributed by atoms with van der Waals surface area (Å²) in [5, 5.41) is 7.69. The molecule has 0 saturated heterocycles. The lowest BCUT2D eigenvalue weighted by Crippen LogP contribution is -2.42. The van der Waals surface area contributed by atoms with Crippen LogP contribution in [-0.4, -0.2) is 21.2 Å². The summed E-state index contributed by atoms with van der Waals surface area (Å²) in [7, 11) is 0.